The van der Waals surface area contributed by atoms with Gasteiger partial charge in [0.1, 0.15) is 6.04 Å². The standard InChI is InChI=1S/C32H48ClFN4O5S/c1-32(2,3)17-25(20-35(4)5)37(21-26-27(33)10-11-29(42-8)30(26)34)18-22-14-23(16-24(15-22)36(6)7)19-38-28(31(39)43-9)12-13-44(38,40)41/h10-11,14-16,25,28H,12-13,17-21H2,1-9H3/t25-,28?/m0/s1. The summed E-state index contributed by atoms with van der Waals surface area (Å²) >= 11 is 6.57. The van der Waals surface area contributed by atoms with Crippen molar-refractivity contribution in [2.75, 3.05) is 59.6 Å². The Morgan fingerprint density at radius 3 is 2.32 bits per heavy atom. The normalized spacial score (nSPS) is 17.7. The third-order valence-corrected chi connectivity index (χ3v) is 9.98. The molecule has 0 spiro atoms. The lowest BCUT2D eigenvalue weighted by atomic mass is 9.87. The van der Waals surface area contributed by atoms with Gasteiger partial charge in [0.05, 0.1) is 20.0 Å². The summed E-state index contributed by atoms with van der Waals surface area (Å²) < 4.78 is 52.9. The summed E-state index contributed by atoms with van der Waals surface area (Å²) in [4.78, 5) is 18.8. The fourth-order valence-electron chi connectivity index (χ4n) is 5.73. The summed E-state index contributed by atoms with van der Waals surface area (Å²) in [5.74, 6) is -1.02. The van der Waals surface area contributed by atoms with E-state index in [1.54, 1.807) is 6.07 Å². The lowest BCUT2D eigenvalue weighted by Gasteiger charge is -2.38. The second-order valence-corrected chi connectivity index (χ2v) is 15.7. The van der Waals surface area contributed by atoms with E-state index >= 15 is 4.39 Å². The van der Waals surface area contributed by atoms with Crippen LogP contribution in [0, 0.1) is 11.2 Å². The van der Waals surface area contributed by atoms with Crippen LogP contribution in [0.1, 0.15) is 50.3 Å². The number of benzene rings is 2. The number of carbonyl (C=O) groups excluding carboxylic acids is 1. The Morgan fingerprint density at radius 1 is 1.09 bits per heavy atom. The summed E-state index contributed by atoms with van der Waals surface area (Å²) in [6, 6.07) is 8.30. The average molecular weight is 655 g/mol. The van der Waals surface area contributed by atoms with Crippen LogP contribution in [0.5, 0.6) is 5.75 Å². The Kier molecular flexibility index (Phi) is 12.1. The summed E-state index contributed by atoms with van der Waals surface area (Å²) in [6.45, 7) is 8.01. The molecule has 1 unspecified atom stereocenters. The molecule has 9 nitrogen and oxygen atoms in total. The number of rotatable bonds is 13. The molecule has 0 aliphatic carbocycles. The molecule has 44 heavy (non-hydrogen) atoms. The molecule has 0 aromatic heterocycles. The van der Waals surface area contributed by atoms with Crippen molar-refractivity contribution < 1.29 is 27.1 Å². The number of esters is 1. The van der Waals surface area contributed by atoms with E-state index in [1.165, 1.54) is 24.6 Å². The molecular formula is C32H48ClFN4O5S. The summed E-state index contributed by atoms with van der Waals surface area (Å²) in [7, 11) is 6.95. The zero-order chi connectivity index (χ0) is 33.0. The molecule has 246 valence electrons. The molecule has 1 heterocycles. The van der Waals surface area contributed by atoms with E-state index in [0.717, 1.165) is 29.8 Å². The second kappa shape index (κ2) is 14.8. The first-order chi connectivity index (χ1) is 20.4. The van der Waals surface area contributed by atoms with Crippen LogP contribution in [0.25, 0.3) is 0 Å². The number of hydrogen-bond acceptors (Lipinski definition) is 8. The number of sulfonamides is 1. The van der Waals surface area contributed by atoms with E-state index in [4.69, 9.17) is 21.1 Å². The molecule has 0 radical (unpaired) electrons. The molecule has 1 saturated heterocycles. The highest BCUT2D eigenvalue weighted by molar-refractivity contribution is 7.89. The molecule has 3 rings (SSSR count). The number of nitrogens with zero attached hydrogens (tertiary/aromatic N) is 4. The molecule has 1 aliphatic rings. The molecular weight excluding hydrogens is 607 g/mol. The largest absolute Gasteiger partial charge is 0.494 e. The first-order valence-corrected chi connectivity index (χ1v) is 16.7. The number of ether oxygens (including phenoxy) is 2. The molecule has 2 aromatic carbocycles. The van der Waals surface area contributed by atoms with Crippen LogP contribution in [-0.2, 0) is 39.2 Å². The highest BCUT2D eigenvalue weighted by atomic mass is 35.5. The Morgan fingerprint density at radius 2 is 1.75 bits per heavy atom. The Labute approximate surface area is 267 Å². The van der Waals surface area contributed by atoms with Gasteiger partial charge in [0.15, 0.2) is 11.6 Å². The van der Waals surface area contributed by atoms with Gasteiger partial charge < -0.3 is 19.3 Å². The highest BCUT2D eigenvalue weighted by Gasteiger charge is 2.42. The maximum Gasteiger partial charge on any atom is 0.324 e. The van der Waals surface area contributed by atoms with Crippen LogP contribution >= 0.6 is 11.6 Å². The fraction of sp³-hybridized carbons (Fsp3) is 0.594. The molecule has 0 bridgehead atoms. The van der Waals surface area contributed by atoms with Crippen molar-refractivity contribution in [3.8, 4) is 5.75 Å². The van der Waals surface area contributed by atoms with Crippen molar-refractivity contribution in [2.24, 2.45) is 5.41 Å². The fourth-order valence-corrected chi connectivity index (χ4v) is 7.61. The van der Waals surface area contributed by atoms with E-state index < -0.39 is 27.9 Å². The number of carbonyl (C=O) groups is 1. The van der Waals surface area contributed by atoms with Crippen LogP contribution in [-0.4, -0.2) is 95.3 Å². The molecule has 0 amide bonds. The highest BCUT2D eigenvalue weighted by Crippen LogP contribution is 2.33. The number of anilines is 1. The van der Waals surface area contributed by atoms with Gasteiger partial charge >= 0.3 is 5.97 Å². The third kappa shape index (κ3) is 9.29. The van der Waals surface area contributed by atoms with Crippen molar-refractivity contribution in [3.63, 3.8) is 0 Å². The van der Waals surface area contributed by atoms with Gasteiger partial charge in [0.2, 0.25) is 10.0 Å². The van der Waals surface area contributed by atoms with Gasteiger partial charge in [-0.05, 0) is 67.7 Å². The van der Waals surface area contributed by atoms with E-state index in [9.17, 15) is 13.2 Å². The van der Waals surface area contributed by atoms with E-state index in [1.807, 2.05) is 45.2 Å². The molecule has 2 atom stereocenters. The monoisotopic (exact) mass is 654 g/mol. The maximum absolute atomic E-state index is 15.6. The predicted molar refractivity (Wildman–Crippen MR) is 174 cm³/mol. The number of halogens is 2. The van der Waals surface area contributed by atoms with Gasteiger partial charge in [-0.15, -0.1) is 0 Å². The quantitative estimate of drug-likeness (QED) is 0.279. The van der Waals surface area contributed by atoms with Crippen molar-refractivity contribution in [2.45, 2.75) is 65.3 Å². The second-order valence-electron chi connectivity index (χ2n) is 13.2. The molecule has 12 heteroatoms. The van der Waals surface area contributed by atoms with Crippen LogP contribution < -0.4 is 9.64 Å². The van der Waals surface area contributed by atoms with Crippen LogP contribution in [0.15, 0.2) is 30.3 Å². The van der Waals surface area contributed by atoms with Crippen molar-refractivity contribution in [1.82, 2.24) is 14.1 Å². The van der Waals surface area contributed by atoms with E-state index in [2.05, 4.69) is 36.6 Å². The minimum absolute atomic E-state index is 0.0146. The Hall–Kier alpha value is -2.44. The molecule has 0 N–H and O–H groups in total. The molecule has 0 saturated carbocycles. The lowest BCUT2D eigenvalue weighted by molar-refractivity contribution is -0.144. The van der Waals surface area contributed by atoms with Crippen molar-refractivity contribution >= 4 is 33.3 Å². The topological polar surface area (TPSA) is 82.6 Å². The predicted octanol–water partition coefficient (Wildman–Crippen LogP) is 5.00. The first kappa shape index (κ1) is 36.0. The van der Waals surface area contributed by atoms with Gasteiger partial charge in [-0.2, -0.15) is 4.31 Å². The average Bonchev–Trinajstić information content (AvgIpc) is 3.21. The zero-order valence-corrected chi connectivity index (χ0v) is 29.1. The minimum atomic E-state index is -3.63. The van der Waals surface area contributed by atoms with Gasteiger partial charge in [0, 0.05) is 62.6 Å². The molecule has 2 aromatic rings. The zero-order valence-electron chi connectivity index (χ0n) is 27.5. The van der Waals surface area contributed by atoms with Gasteiger partial charge in [-0.25, -0.2) is 12.8 Å². The van der Waals surface area contributed by atoms with E-state index in [-0.39, 0.29) is 42.5 Å². The van der Waals surface area contributed by atoms with Crippen LogP contribution in [0.4, 0.5) is 10.1 Å². The van der Waals surface area contributed by atoms with Crippen molar-refractivity contribution in [1.29, 1.82) is 0 Å². The van der Waals surface area contributed by atoms with Gasteiger partial charge in [0.25, 0.3) is 0 Å². The number of hydrogen-bond donors (Lipinski definition) is 0. The summed E-state index contributed by atoms with van der Waals surface area (Å²) in [6.07, 6.45) is 1.02. The maximum atomic E-state index is 15.6. The SMILES string of the molecule is COC(=O)C1CCS(=O)(=O)N1Cc1cc(CN(Cc2c(Cl)ccc(OC)c2F)[C@H](CN(C)C)CC(C)(C)C)cc(N(C)C)c1. The van der Waals surface area contributed by atoms with Gasteiger partial charge in [-0.1, -0.05) is 38.4 Å². The smallest absolute Gasteiger partial charge is 0.324 e. The van der Waals surface area contributed by atoms with Gasteiger partial charge in [-0.3, -0.25) is 9.69 Å². The van der Waals surface area contributed by atoms with Crippen molar-refractivity contribution in [3.05, 3.63) is 57.9 Å². The number of likely N-dealkylation sites (N-methyl/N-ethyl adjacent to an activating group) is 1. The first-order valence-electron chi connectivity index (χ1n) is 14.7. The lowest BCUT2D eigenvalue weighted by Crippen LogP contribution is -2.43. The Bertz CT molecular complexity index is 1410. The molecule has 1 aliphatic heterocycles. The summed E-state index contributed by atoms with van der Waals surface area (Å²) in [5, 5.41) is 0.323. The minimum Gasteiger partial charge on any atom is -0.494 e. The van der Waals surface area contributed by atoms with Crippen LogP contribution in [0.2, 0.25) is 5.02 Å². The molecule has 1 fully saturated rings. The number of methoxy groups -OCH3 is 2. The summed E-state index contributed by atoms with van der Waals surface area (Å²) in [5.41, 5.74) is 2.90. The Balaban J connectivity index is 2.10. The van der Waals surface area contributed by atoms with Crippen LogP contribution in [0.3, 0.4) is 0 Å². The third-order valence-electron chi connectivity index (χ3n) is 7.78. The van der Waals surface area contributed by atoms with E-state index in [0.29, 0.717) is 17.1 Å².